The predicted molar refractivity (Wildman–Crippen MR) is 85.6 cm³/mol. The number of nitrogens with zero attached hydrogens (tertiary/aromatic N) is 3. The molecule has 0 saturated carbocycles. The summed E-state index contributed by atoms with van der Waals surface area (Å²) in [6, 6.07) is 10.5. The minimum absolute atomic E-state index is 0.209. The normalized spacial score (nSPS) is 27.2. The number of hydrogen-bond donors (Lipinski definition) is 0. The molecule has 5 heteroatoms. The van der Waals surface area contributed by atoms with Gasteiger partial charge in [0, 0.05) is 43.6 Å². The van der Waals surface area contributed by atoms with Gasteiger partial charge in [-0.25, -0.2) is 0 Å². The Morgan fingerprint density at radius 3 is 3.00 bits per heavy atom. The van der Waals surface area contributed by atoms with Crippen LogP contribution in [0.2, 0.25) is 0 Å². The molecule has 0 radical (unpaired) electrons. The molecule has 2 aromatic rings. The highest BCUT2D eigenvalue weighted by Gasteiger charge is 2.45. The summed E-state index contributed by atoms with van der Waals surface area (Å²) in [4.78, 5) is 11.0. The number of hydrogen-bond acceptors (Lipinski definition) is 5. The quantitative estimate of drug-likeness (QED) is 0.844. The molecule has 0 unspecified atom stereocenters. The van der Waals surface area contributed by atoms with E-state index in [1.807, 2.05) is 42.9 Å². The van der Waals surface area contributed by atoms with E-state index in [-0.39, 0.29) is 6.10 Å². The fraction of sp³-hybridized carbons (Fsp3) is 0.444. The Bertz CT molecular complexity index is 623. The summed E-state index contributed by atoms with van der Waals surface area (Å²) in [5, 5.41) is 0. The summed E-state index contributed by atoms with van der Waals surface area (Å²) >= 11 is 0. The summed E-state index contributed by atoms with van der Waals surface area (Å²) in [5.41, 5.74) is 2.22. The van der Waals surface area contributed by atoms with E-state index >= 15 is 0 Å². The van der Waals surface area contributed by atoms with Crippen LogP contribution < -0.4 is 0 Å². The lowest BCUT2D eigenvalue weighted by Gasteiger charge is -2.21. The monoisotopic (exact) mass is 311 g/mol. The maximum atomic E-state index is 6.17. The Balaban J connectivity index is 1.41. The number of aromatic nitrogens is 2. The molecule has 0 N–H and O–H groups in total. The van der Waals surface area contributed by atoms with Gasteiger partial charge in [0.05, 0.1) is 31.6 Å². The van der Waals surface area contributed by atoms with E-state index in [9.17, 15) is 0 Å². The van der Waals surface area contributed by atoms with Crippen molar-refractivity contribution in [3.05, 3.63) is 60.2 Å². The first-order valence-corrected chi connectivity index (χ1v) is 8.12. The maximum Gasteiger partial charge on any atom is 0.0892 e. The largest absolute Gasteiger partial charge is 0.379 e. The Hall–Kier alpha value is -1.82. The van der Waals surface area contributed by atoms with Gasteiger partial charge in [-0.3, -0.25) is 14.9 Å². The molecule has 0 amide bonds. The summed E-state index contributed by atoms with van der Waals surface area (Å²) in [7, 11) is 0. The lowest BCUT2D eigenvalue weighted by Crippen LogP contribution is -2.32. The smallest absolute Gasteiger partial charge is 0.0892 e. The van der Waals surface area contributed by atoms with Gasteiger partial charge in [0.25, 0.3) is 0 Å². The topological polar surface area (TPSA) is 47.5 Å². The molecule has 4 rings (SSSR count). The zero-order valence-electron chi connectivity index (χ0n) is 13.0. The van der Waals surface area contributed by atoms with Crippen molar-refractivity contribution in [2.45, 2.75) is 25.3 Å². The maximum absolute atomic E-state index is 6.17. The number of likely N-dealkylation sites (tertiary alicyclic amines) is 1. The first kappa shape index (κ1) is 14.8. The SMILES string of the molecule is c1ccc(CO[C@@H]2CN(Cc3cccnc3)[C@@H]3COC[C@@H]32)nc1. The second kappa shape index (κ2) is 6.74. The van der Waals surface area contributed by atoms with Gasteiger partial charge in [-0.15, -0.1) is 0 Å². The van der Waals surface area contributed by atoms with Gasteiger partial charge >= 0.3 is 0 Å². The van der Waals surface area contributed by atoms with Crippen molar-refractivity contribution in [2.24, 2.45) is 5.92 Å². The van der Waals surface area contributed by atoms with Crippen LogP contribution in [0, 0.1) is 5.92 Å². The Kier molecular flexibility index (Phi) is 4.33. The van der Waals surface area contributed by atoms with E-state index in [0.29, 0.717) is 18.6 Å². The molecule has 5 nitrogen and oxygen atoms in total. The first-order valence-electron chi connectivity index (χ1n) is 8.12. The third-order valence-electron chi connectivity index (χ3n) is 4.73. The van der Waals surface area contributed by atoms with Gasteiger partial charge in [0.15, 0.2) is 0 Å². The first-order chi connectivity index (χ1) is 11.4. The highest BCUT2D eigenvalue weighted by Crippen LogP contribution is 2.33. The van der Waals surface area contributed by atoms with E-state index in [0.717, 1.165) is 32.0 Å². The van der Waals surface area contributed by atoms with E-state index in [1.165, 1.54) is 5.56 Å². The number of ether oxygens (including phenoxy) is 2. The molecule has 2 aliphatic rings. The van der Waals surface area contributed by atoms with Gasteiger partial charge in [-0.1, -0.05) is 12.1 Å². The zero-order chi connectivity index (χ0) is 15.5. The van der Waals surface area contributed by atoms with Crippen LogP contribution in [0.3, 0.4) is 0 Å². The molecule has 2 saturated heterocycles. The van der Waals surface area contributed by atoms with E-state index in [4.69, 9.17) is 9.47 Å². The lowest BCUT2D eigenvalue weighted by atomic mass is 10.0. The second-order valence-electron chi connectivity index (χ2n) is 6.23. The van der Waals surface area contributed by atoms with Crippen LogP contribution in [-0.4, -0.2) is 46.8 Å². The Morgan fingerprint density at radius 2 is 2.17 bits per heavy atom. The average Bonchev–Trinajstić information content (AvgIpc) is 3.19. The van der Waals surface area contributed by atoms with Crippen LogP contribution in [0.1, 0.15) is 11.3 Å². The van der Waals surface area contributed by atoms with Gasteiger partial charge in [0.1, 0.15) is 0 Å². The molecule has 2 aromatic heterocycles. The van der Waals surface area contributed by atoms with Crippen molar-refractivity contribution in [1.82, 2.24) is 14.9 Å². The van der Waals surface area contributed by atoms with Crippen LogP contribution >= 0.6 is 0 Å². The Morgan fingerprint density at radius 1 is 1.17 bits per heavy atom. The summed E-state index contributed by atoms with van der Waals surface area (Å²) in [5.74, 6) is 0.454. The van der Waals surface area contributed by atoms with Crippen LogP contribution in [0.5, 0.6) is 0 Å². The lowest BCUT2D eigenvalue weighted by molar-refractivity contribution is 0.00739. The molecule has 120 valence electrons. The molecule has 3 atom stereocenters. The van der Waals surface area contributed by atoms with Crippen LogP contribution in [0.25, 0.3) is 0 Å². The minimum Gasteiger partial charge on any atom is -0.379 e. The van der Waals surface area contributed by atoms with Gasteiger partial charge in [0.2, 0.25) is 0 Å². The van der Waals surface area contributed by atoms with E-state index in [1.54, 1.807) is 0 Å². The van der Waals surface area contributed by atoms with Crippen LogP contribution in [-0.2, 0) is 22.6 Å². The standard InChI is InChI=1S/C18H21N3O2/c1-2-7-20-15(5-1)11-23-18-10-21(17-13-22-12-16(17)18)9-14-4-3-6-19-8-14/h1-8,16-18H,9-13H2/t16-,17+,18+/m0/s1. The molecule has 0 aliphatic carbocycles. The molecule has 23 heavy (non-hydrogen) atoms. The molecule has 4 heterocycles. The van der Waals surface area contributed by atoms with E-state index in [2.05, 4.69) is 20.9 Å². The Labute approximate surface area is 136 Å². The van der Waals surface area contributed by atoms with Crippen molar-refractivity contribution in [2.75, 3.05) is 19.8 Å². The van der Waals surface area contributed by atoms with Crippen molar-refractivity contribution in [1.29, 1.82) is 0 Å². The molecule has 0 bridgehead atoms. The van der Waals surface area contributed by atoms with Crippen molar-refractivity contribution >= 4 is 0 Å². The predicted octanol–water partition coefficient (Wildman–Crippen LogP) is 1.89. The van der Waals surface area contributed by atoms with Crippen LogP contribution in [0.4, 0.5) is 0 Å². The zero-order valence-corrected chi connectivity index (χ0v) is 13.0. The summed E-state index contributed by atoms with van der Waals surface area (Å²) < 4.78 is 11.9. The van der Waals surface area contributed by atoms with Crippen molar-refractivity contribution in [3.63, 3.8) is 0 Å². The van der Waals surface area contributed by atoms with Gasteiger partial charge < -0.3 is 9.47 Å². The third-order valence-corrected chi connectivity index (χ3v) is 4.73. The highest BCUT2D eigenvalue weighted by atomic mass is 16.5. The van der Waals surface area contributed by atoms with E-state index < -0.39 is 0 Å². The molecule has 2 aliphatic heterocycles. The number of fused-ring (bicyclic) bond motifs is 1. The average molecular weight is 311 g/mol. The highest BCUT2D eigenvalue weighted by molar-refractivity contribution is 5.10. The molecule has 0 aromatic carbocycles. The molecular weight excluding hydrogens is 290 g/mol. The van der Waals surface area contributed by atoms with Crippen LogP contribution in [0.15, 0.2) is 48.9 Å². The molecular formula is C18H21N3O2. The minimum atomic E-state index is 0.209. The number of pyridine rings is 2. The van der Waals surface area contributed by atoms with Crippen molar-refractivity contribution < 1.29 is 9.47 Å². The molecule has 2 fully saturated rings. The van der Waals surface area contributed by atoms with Crippen molar-refractivity contribution in [3.8, 4) is 0 Å². The van der Waals surface area contributed by atoms with Gasteiger partial charge in [-0.05, 0) is 23.8 Å². The molecule has 0 spiro atoms. The summed E-state index contributed by atoms with van der Waals surface area (Å²) in [6.07, 6.45) is 5.77. The fourth-order valence-electron chi connectivity index (χ4n) is 3.55. The third kappa shape index (κ3) is 3.27. The summed E-state index contributed by atoms with van der Waals surface area (Å²) in [6.45, 7) is 4.01. The van der Waals surface area contributed by atoms with Gasteiger partial charge in [-0.2, -0.15) is 0 Å². The second-order valence-corrected chi connectivity index (χ2v) is 6.23. The fourth-order valence-corrected chi connectivity index (χ4v) is 3.55. The number of rotatable bonds is 5.